The van der Waals surface area contributed by atoms with E-state index in [1.165, 1.54) is 32.5 Å². The van der Waals surface area contributed by atoms with Crippen LogP contribution in [0.3, 0.4) is 0 Å². The first-order chi connectivity index (χ1) is 9.92. The van der Waals surface area contributed by atoms with Gasteiger partial charge in [0.15, 0.2) is 0 Å². The van der Waals surface area contributed by atoms with E-state index >= 15 is 0 Å². The van der Waals surface area contributed by atoms with Crippen LogP contribution in [0.1, 0.15) is 12.8 Å². The van der Waals surface area contributed by atoms with Crippen LogP contribution in [-0.2, 0) is 9.47 Å². The van der Waals surface area contributed by atoms with E-state index in [1.807, 2.05) is 0 Å². The molecule has 5 heteroatoms. The van der Waals surface area contributed by atoms with E-state index in [9.17, 15) is 0 Å². The Morgan fingerprint density at radius 3 is 2.70 bits per heavy atom. The second-order valence-corrected chi connectivity index (χ2v) is 6.33. The Labute approximate surface area is 122 Å². The Kier molecular flexibility index (Phi) is 5.67. The average molecular weight is 283 g/mol. The van der Waals surface area contributed by atoms with Crippen molar-refractivity contribution >= 4 is 0 Å². The number of nitrogens with one attached hydrogen (secondary N) is 1. The third-order valence-electron chi connectivity index (χ3n) is 4.87. The molecule has 0 spiro atoms. The molecule has 3 heterocycles. The highest BCUT2D eigenvalue weighted by Gasteiger charge is 2.28. The summed E-state index contributed by atoms with van der Waals surface area (Å²) in [5.41, 5.74) is 0. The zero-order valence-electron chi connectivity index (χ0n) is 12.6. The van der Waals surface area contributed by atoms with Crippen molar-refractivity contribution < 1.29 is 9.47 Å². The van der Waals surface area contributed by atoms with Crippen LogP contribution in [0.4, 0.5) is 0 Å². The molecule has 0 radical (unpaired) electrons. The average Bonchev–Trinajstić information content (AvgIpc) is 3.16. The van der Waals surface area contributed by atoms with E-state index in [-0.39, 0.29) is 0 Å². The summed E-state index contributed by atoms with van der Waals surface area (Å²) in [7, 11) is 0. The van der Waals surface area contributed by atoms with Gasteiger partial charge in [0.1, 0.15) is 0 Å². The van der Waals surface area contributed by atoms with Crippen LogP contribution in [-0.4, -0.2) is 88.1 Å². The highest BCUT2D eigenvalue weighted by Crippen LogP contribution is 2.16. The Balaban J connectivity index is 1.27. The van der Waals surface area contributed by atoms with Gasteiger partial charge in [0.2, 0.25) is 0 Å². The highest BCUT2D eigenvalue weighted by molar-refractivity contribution is 4.84. The van der Waals surface area contributed by atoms with Crippen molar-refractivity contribution in [1.29, 1.82) is 0 Å². The lowest BCUT2D eigenvalue weighted by Crippen LogP contribution is -2.45. The fourth-order valence-electron chi connectivity index (χ4n) is 3.54. The first-order valence-electron chi connectivity index (χ1n) is 8.24. The van der Waals surface area contributed by atoms with Gasteiger partial charge < -0.3 is 19.7 Å². The molecule has 2 unspecified atom stereocenters. The van der Waals surface area contributed by atoms with Crippen LogP contribution in [0.15, 0.2) is 0 Å². The van der Waals surface area contributed by atoms with E-state index in [0.29, 0.717) is 0 Å². The third kappa shape index (κ3) is 4.15. The second kappa shape index (κ2) is 7.71. The molecular weight excluding hydrogens is 254 g/mol. The van der Waals surface area contributed by atoms with E-state index in [4.69, 9.17) is 9.47 Å². The highest BCUT2D eigenvalue weighted by atomic mass is 16.5. The quantitative estimate of drug-likeness (QED) is 0.696. The van der Waals surface area contributed by atoms with E-state index in [2.05, 4.69) is 15.1 Å². The molecule has 5 nitrogen and oxygen atoms in total. The maximum Gasteiger partial charge on any atom is 0.0594 e. The maximum absolute atomic E-state index is 5.44. The summed E-state index contributed by atoms with van der Waals surface area (Å²) >= 11 is 0. The minimum atomic E-state index is 0.745. The number of rotatable bonds is 6. The lowest BCUT2D eigenvalue weighted by Gasteiger charge is -2.32. The largest absolute Gasteiger partial charge is 0.381 e. The molecule has 116 valence electrons. The maximum atomic E-state index is 5.44. The summed E-state index contributed by atoms with van der Waals surface area (Å²) in [4.78, 5) is 5.23. The summed E-state index contributed by atoms with van der Waals surface area (Å²) in [6, 6.07) is 0.766. The van der Waals surface area contributed by atoms with E-state index in [0.717, 1.165) is 64.6 Å². The molecule has 20 heavy (non-hydrogen) atoms. The second-order valence-electron chi connectivity index (χ2n) is 6.33. The molecular formula is C15H29N3O2. The molecule has 3 aliphatic rings. The number of nitrogens with zero attached hydrogens (tertiary/aromatic N) is 2. The van der Waals surface area contributed by atoms with Gasteiger partial charge >= 0.3 is 0 Å². The normalized spacial score (nSPS) is 33.0. The zero-order chi connectivity index (χ0) is 13.6. The minimum Gasteiger partial charge on any atom is -0.381 e. The van der Waals surface area contributed by atoms with Crippen LogP contribution in [0.5, 0.6) is 0 Å². The molecule has 0 aliphatic carbocycles. The molecule has 0 aromatic heterocycles. The summed E-state index contributed by atoms with van der Waals surface area (Å²) < 4.78 is 10.8. The molecule has 3 fully saturated rings. The lowest BCUT2D eigenvalue weighted by atomic mass is 10.1. The Hall–Kier alpha value is -0.200. The van der Waals surface area contributed by atoms with Gasteiger partial charge in [-0.05, 0) is 25.3 Å². The van der Waals surface area contributed by atoms with Crippen molar-refractivity contribution in [3.63, 3.8) is 0 Å². The van der Waals surface area contributed by atoms with Gasteiger partial charge in [-0.3, -0.25) is 4.90 Å². The summed E-state index contributed by atoms with van der Waals surface area (Å²) in [6.07, 6.45) is 2.56. The standard InChI is InChI=1S/C15H29N3O2/c1-4-17(5-3-16-11-14-2-8-20-13-14)12-15(1)18-6-9-19-10-7-18/h14-16H,1-13H2. The van der Waals surface area contributed by atoms with Gasteiger partial charge in [0, 0.05) is 51.9 Å². The third-order valence-corrected chi connectivity index (χ3v) is 4.87. The Morgan fingerprint density at radius 1 is 1.00 bits per heavy atom. The topological polar surface area (TPSA) is 37.0 Å². The van der Waals surface area contributed by atoms with Crippen molar-refractivity contribution in [1.82, 2.24) is 15.1 Å². The van der Waals surface area contributed by atoms with Crippen molar-refractivity contribution in [2.75, 3.05) is 72.2 Å². The smallest absolute Gasteiger partial charge is 0.0594 e. The van der Waals surface area contributed by atoms with Gasteiger partial charge in [-0.2, -0.15) is 0 Å². The molecule has 2 atom stereocenters. The molecule has 3 saturated heterocycles. The number of hydrogen-bond acceptors (Lipinski definition) is 5. The van der Waals surface area contributed by atoms with Gasteiger partial charge in [-0.1, -0.05) is 0 Å². The van der Waals surface area contributed by atoms with E-state index in [1.54, 1.807) is 0 Å². The fourth-order valence-corrected chi connectivity index (χ4v) is 3.54. The minimum absolute atomic E-state index is 0.745. The van der Waals surface area contributed by atoms with Crippen LogP contribution >= 0.6 is 0 Å². The van der Waals surface area contributed by atoms with E-state index < -0.39 is 0 Å². The van der Waals surface area contributed by atoms with Gasteiger partial charge in [-0.15, -0.1) is 0 Å². The van der Waals surface area contributed by atoms with Crippen LogP contribution in [0, 0.1) is 5.92 Å². The van der Waals surface area contributed by atoms with Crippen LogP contribution in [0.2, 0.25) is 0 Å². The first-order valence-corrected chi connectivity index (χ1v) is 8.24. The SMILES string of the molecule is C(CN1CCC(N2CCOCC2)C1)NCC1CCOC1. The molecule has 0 aromatic rings. The molecule has 3 aliphatic heterocycles. The predicted molar refractivity (Wildman–Crippen MR) is 79.0 cm³/mol. The first kappa shape index (κ1) is 14.7. The number of ether oxygens (including phenoxy) is 2. The van der Waals surface area contributed by atoms with Crippen molar-refractivity contribution in [2.24, 2.45) is 5.92 Å². The van der Waals surface area contributed by atoms with Crippen LogP contribution in [0.25, 0.3) is 0 Å². The van der Waals surface area contributed by atoms with Crippen molar-refractivity contribution in [3.8, 4) is 0 Å². The Morgan fingerprint density at radius 2 is 1.90 bits per heavy atom. The molecule has 0 amide bonds. The number of likely N-dealkylation sites (tertiary alicyclic amines) is 1. The predicted octanol–water partition coefficient (Wildman–Crippen LogP) is 0.0190. The fraction of sp³-hybridized carbons (Fsp3) is 1.00. The zero-order valence-corrected chi connectivity index (χ0v) is 12.6. The van der Waals surface area contributed by atoms with Gasteiger partial charge in [0.25, 0.3) is 0 Å². The monoisotopic (exact) mass is 283 g/mol. The summed E-state index contributed by atoms with van der Waals surface area (Å²) in [6.45, 7) is 11.9. The van der Waals surface area contributed by atoms with Gasteiger partial charge in [-0.25, -0.2) is 0 Å². The van der Waals surface area contributed by atoms with Crippen molar-refractivity contribution in [2.45, 2.75) is 18.9 Å². The molecule has 0 saturated carbocycles. The van der Waals surface area contributed by atoms with Gasteiger partial charge in [0.05, 0.1) is 19.8 Å². The number of hydrogen-bond donors (Lipinski definition) is 1. The lowest BCUT2D eigenvalue weighted by molar-refractivity contribution is 0.0185. The van der Waals surface area contributed by atoms with Crippen LogP contribution < -0.4 is 5.32 Å². The number of morpholine rings is 1. The summed E-state index contributed by atoms with van der Waals surface area (Å²) in [5.74, 6) is 0.745. The Bertz CT molecular complexity index is 278. The molecule has 0 bridgehead atoms. The molecule has 3 rings (SSSR count). The molecule has 0 aromatic carbocycles. The summed E-state index contributed by atoms with van der Waals surface area (Å²) in [5, 5.41) is 3.59. The van der Waals surface area contributed by atoms with Crippen molar-refractivity contribution in [3.05, 3.63) is 0 Å². The molecule has 1 N–H and O–H groups in total.